The van der Waals surface area contributed by atoms with Crippen LogP contribution in [0.15, 0.2) is 48.5 Å². The number of hydrogen-bond donors (Lipinski definition) is 1. The van der Waals surface area contributed by atoms with Gasteiger partial charge in [0.1, 0.15) is 11.6 Å². The van der Waals surface area contributed by atoms with Gasteiger partial charge in [-0.25, -0.2) is 14.4 Å². The summed E-state index contributed by atoms with van der Waals surface area (Å²) in [4.78, 5) is 11.6. The van der Waals surface area contributed by atoms with Gasteiger partial charge in [0.15, 0.2) is 0 Å². The Hall–Kier alpha value is -2.69. The number of halogens is 1. The second kappa shape index (κ2) is 6.67. The maximum absolute atomic E-state index is 13.1. The number of para-hydroxylation sites is 2. The molecule has 25 heavy (non-hydrogen) atoms. The average molecular weight is 336 g/mol. The predicted octanol–water partition coefficient (Wildman–Crippen LogP) is 4.02. The van der Waals surface area contributed by atoms with Crippen molar-refractivity contribution in [3.05, 3.63) is 60.0 Å². The Morgan fingerprint density at radius 1 is 1.08 bits per heavy atom. The fourth-order valence-corrected chi connectivity index (χ4v) is 3.38. The minimum absolute atomic E-state index is 0.188. The van der Waals surface area contributed by atoms with E-state index in [4.69, 9.17) is 4.98 Å². The summed E-state index contributed by atoms with van der Waals surface area (Å²) in [6, 6.07) is 14.7. The zero-order valence-electron chi connectivity index (χ0n) is 14.2. The number of fused-ring (bicyclic) bond motifs is 1. The van der Waals surface area contributed by atoms with Crippen LogP contribution in [0, 0.1) is 18.7 Å². The fourth-order valence-electron chi connectivity index (χ4n) is 3.38. The Bertz CT molecular complexity index is 879. The van der Waals surface area contributed by atoms with Gasteiger partial charge in [-0.05, 0) is 55.7 Å². The summed E-state index contributed by atoms with van der Waals surface area (Å²) in [5.41, 5.74) is 3.85. The average Bonchev–Trinajstić information content (AvgIpc) is 3.09. The Labute approximate surface area is 146 Å². The first-order valence-corrected chi connectivity index (χ1v) is 8.67. The van der Waals surface area contributed by atoms with E-state index >= 15 is 0 Å². The maximum atomic E-state index is 13.1. The molecule has 1 N–H and O–H groups in total. The van der Waals surface area contributed by atoms with Crippen molar-refractivity contribution in [2.45, 2.75) is 13.3 Å². The molecule has 1 aliphatic heterocycles. The van der Waals surface area contributed by atoms with Gasteiger partial charge in [-0.3, -0.25) is 0 Å². The number of hydrogen-bond acceptors (Lipinski definition) is 4. The van der Waals surface area contributed by atoms with E-state index in [2.05, 4.69) is 15.2 Å². The molecule has 0 unspecified atom stereocenters. The summed E-state index contributed by atoms with van der Waals surface area (Å²) in [7, 11) is 0. The summed E-state index contributed by atoms with van der Waals surface area (Å²) in [5.74, 6) is 1.21. The first kappa shape index (κ1) is 15.8. The van der Waals surface area contributed by atoms with E-state index in [0.29, 0.717) is 5.92 Å². The second-order valence-electron chi connectivity index (χ2n) is 6.60. The van der Waals surface area contributed by atoms with E-state index in [1.165, 1.54) is 12.1 Å². The highest BCUT2D eigenvalue weighted by Gasteiger charge is 2.23. The van der Waals surface area contributed by atoms with Gasteiger partial charge in [0.05, 0.1) is 16.7 Å². The van der Waals surface area contributed by atoms with Gasteiger partial charge < -0.3 is 10.2 Å². The summed E-state index contributed by atoms with van der Waals surface area (Å²) >= 11 is 0. The third-order valence-electron chi connectivity index (χ3n) is 4.78. The number of rotatable bonds is 4. The van der Waals surface area contributed by atoms with Gasteiger partial charge >= 0.3 is 0 Å². The predicted molar refractivity (Wildman–Crippen MR) is 99.5 cm³/mol. The summed E-state index contributed by atoms with van der Waals surface area (Å²) < 4.78 is 13.1. The molecule has 2 heterocycles. The third kappa shape index (κ3) is 3.40. The highest BCUT2D eigenvalue weighted by Crippen LogP contribution is 2.25. The van der Waals surface area contributed by atoms with Crippen LogP contribution in [-0.2, 0) is 0 Å². The molecule has 1 aromatic heterocycles. The van der Waals surface area contributed by atoms with Crippen molar-refractivity contribution in [1.29, 1.82) is 0 Å². The van der Waals surface area contributed by atoms with E-state index in [-0.39, 0.29) is 5.82 Å². The molecule has 1 aliphatic rings. The van der Waals surface area contributed by atoms with Gasteiger partial charge in [0.25, 0.3) is 0 Å². The number of nitrogens with one attached hydrogen (secondary N) is 1. The van der Waals surface area contributed by atoms with Crippen LogP contribution in [-0.4, -0.2) is 29.6 Å². The van der Waals surface area contributed by atoms with Crippen LogP contribution in [0.2, 0.25) is 0 Å². The molecule has 4 nitrogen and oxygen atoms in total. The van der Waals surface area contributed by atoms with Crippen molar-refractivity contribution in [1.82, 2.24) is 9.97 Å². The number of anilines is 2. The highest BCUT2D eigenvalue weighted by molar-refractivity contribution is 5.76. The summed E-state index contributed by atoms with van der Waals surface area (Å²) in [5, 5.41) is 3.47. The normalized spacial score (nSPS) is 17.2. The molecule has 0 bridgehead atoms. The van der Waals surface area contributed by atoms with Crippen LogP contribution in [0.25, 0.3) is 11.0 Å². The van der Waals surface area contributed by atoms with Crippen LogP contribution in [0.3, 0.4) is 0 Å². The van der Waals surface area contributed by atoms with Crippen LogP contribution in [0.1, 0.15) is 12.1 Å². The number of benzene rings is 2. The first-order chi connectivity index (χ1) is 12.2. The molecule has 128 valence electrons. The molecule has 1 saturated heterocycles. The molecule has 0 saturated carbocycles. The molecule has 0 amide bonds. The van der Waals surface area contributed by atoms with E-state index in [1.54, 1.807) is 0 Å². The minimum Gasteiger partial charge on any atom is -0.371 e. The van der Waals surface area contributed by atoms with Crippen molar-refractivity contribution >= 4 is 22.5 Å². The summed E-state index contributed by atoms with van der Waals surface area (Å²) in [6.45, 7) is 4.83. The molecule has 3 aromatic rings. The van der Waals surface area contributed by atoms with Gasteiger partial charge in [-0.1, -0.05) is 12.1 Å². The van der Waals surface area contributed by atoms with E-state index < -0.39 is 0 Å². The van der Waals surface area contributed by atoms with Crippen LogP contribution in [0.5, 0.6) is 0 Å². The second-order valence-corrected chi connectivity index (χ2v) is 6.60. The maximum Gasteiger partial charge on any atom is 0.148 e. The highest BCUT2D eigenvalue weighted by atomic mass is 19.1. The van der Waals surface area contributed by atoms with Crippen LogP contribution in [0.4, 0.5) is 15.9 Å². The van der Waals surface area contributed by atoms with Gasteiger partial charge in [-0.15, -0.1) is 0 Å². The lowest BCUT2D eigenvalue weighted by Gasteiger charge is -2.19. The monoisotopic (exact) mass is 336 g/mol. The Kier molecular flexibility index (Phi) is 4.22. The molecular weight excluding hydrogens is 315 g/mol. The smallest absolute Gasteiger partial charge is 0.148 e. The minimum atomic E-state index is -0.188. The lowest BCUT2D eigenvalue weighted by molar-refractivity contribution is 0.620. The standard InChI is InChI=1S/C20H21FN4/c1-14-20(24-19-5-3-2-4-18(19)23-14)22-12-15-10-11-25(13-15)17-8-6-16(21)7-9-17/h2-9,15H,10-13H2,1H3,(H,22,24)/t15-/m1/s1. The molecule has 0 spiro atoms. The lowest BCUT2D eigenvalue weighted by Crippen LogP contribution is -2.22. The first-order valence-electron chi connectivity index (χ1n) is 8.67. The molecule has 1 atom stereocenters. The quantitative estimate of drug-likeness (QED) is 0.781. The van der Waals surface area contributed by atoms with Crippen molar-refractivity contribution < 1.29 is 4.39 Å². The Morgan fingerprint density at radius 3 is 2.56 bits per heavy atom. The van der Waals surface area contributed by atoms with Crippen molar-refractivity contribution in [3.8, 4) is 0 Å². The van der Waals surface area contributed by atoms with Crippen molar-refractivity contribution in [3.63, 3.8) is 0 Å². The number of aryl methyl sites for hydroxylation is 1. The van der Waals surface area contributed by atoms with Crippen molar-refractivity contribution in [2.75, 3.05) is 29.9 Å². The van der Waals surface area contributed by atoms with Crippen LogP contribution < -0.4 is 10.2 Å². The summed E-state index contributed by atoms with van der Waals surface area (Å²) in [6.07, 6.45) is 1.12. The fraction of sp³-hybridized carbons (Fsp3) is 0.300. The Balaban J connectivity index is 1.40. The van der Waals surface area contributed by atoms with Gasteiger partial charge in [0.2, 0.25) is 0 Å². The van der Waals surface area contributed by atoms with E-state index in [1.807, 2.05) is 43.3 Å². The zero-order chi connectivity index (χ0) is 17.2. The molecular formula is C20H21FN4. The molecule has 5 heteroatoms. The third-order valence-corrected chi connectivity index (χ3v) is 4.78. The largest absolute Gasteiger partial charge is 0.371 e. The van der Waals surface area contributed by atoms with Gasteiger partial charge in [0, 0.05) is 25.3 Å². The van der Waals surface area contributed by atoms with E-state index in [0.717, 1.165) is 54.3 Å². The number of nitrogens with zero attached hydrogens (tertiary/aromatic N) is 3. The molecule has 2 aromatic carbocycles. The van der Waals surface area contributed by atoms with Crippen LogP contribution >= 0.6 is 0 Å². The SMILES string of the molecule is Cc1nc2ccccc2nc1NC[C@H]1CCN(c2ccc(F)cc2)C1. The zero-order valence-corrected chi connectivity index (χ0v) is 14.2. The number of aromatic nitrogens is 2. The molecule has 1 fully saturated rings. The molecule has 0 radical (unpaired) electrons. The lowest BCUT2D eigenvalue weighted by atomic mass is 10.1. The molecule has 4 rings (SSSR count). The van der Waals surface area contributed by atoms with E-state index in [9.17, 15) is 4.39 Å². The van der Waals surface area contributed by atoms with Gasteiger partial charge in [-0.2, -0.15) is 0 Å². The Morgan fingerprint density at radius 2 is 1.80 bits per heavy atom. The van der Waals surface area contributed by atoms with Crippen molar-refractivity contribution in [2.24, 2.45) is 5.92 Å². The molecule has 0 aliphatic carbocycles. The topological polar surface area (TPSA) is 41.1 Å².